The second-order valence-electron chi connectivity index (χ2n) is 8.34. The van der Waals surface area contributed by atoms with Gasteiger partial charge in [0.05, 0.1) is 7.11 Å². The van der Waals surface area contributed by atoms with Gasteiger partial charge in [-0.3, -0.25) is 9.59 Å². The van der Waals surface area contributed by atoms with Crippen molar-refractivity contribution in [1.82, 2.24) is 10.2 Å². The zero-order chi connectivity index (χ0) is 24.8. The van der Waals surface area contributed by atoms with E-state index >= 15 is 0 Å². The molecule has 34 heavy (non-hydrogen) atoms. The van der Waals surface area contributed by atoms with Gasteiger partial charge >= 0.3 is 12.1 Å². The molecule has 0 saturated heterocycles. The van der Waals surface area contributed by atoms with Crippen LogP contribution in [0.1, 0.15) is 24.0 Å². The highest BCUT2D eigenvalue weighted by Crippen LogP contribution is 2.38. The van der Waals surface area contributed by atoms with Crippen LogP contribution in [0.2, 0.25) is 0 Å². The number of benzene rings is 2. The Kier molecular flexibility index (Phi) is 8.12. The molecule has 1 aliphatic rings. The smallest absolute Gasteiger partial charge is 0.412 e. The molecular formula is C25H31N3O6. The Morgan fingerprint density at radius 2 is 1.79 bits per heavy atom. The van der Waals surface area contributed by atoms with Crippen LogP contribution in [0.5, 0.6) is 11.5 Å². The van der Waals surface area contributed by atoms with Gasteiger partial charge in [0.25, 0.3) is 5.91 Å². The van der Waals surface area contributed by atoms with Crippen molar-refractivity contribution in [3.8, 4) is 11.5 Å². The molecule has 0 aromatic heterocycles. The molecule has 0 bridgehead atoms. The molecule has 0 fully saturated rings. The number of fused-ring (bicyclic) bond motifs is 1. The summed E-state index contributed by atoms with van der Waals surface area (Å²) in [4.78, 5) is 41.2. The minimum atomic E-state index is -1.01. The summed E-state index contributed by atoms with van der Waals surface area (Å²) in [6.07, 6.45) is -1.20. The number of carbonyl (C=O) groups is 3. The van der Waals surface area contributed by atoms with Crippen molar-refractivity contribution >= 4 is 23.7 Å². The average Bonchev–Trinajstić information content (AvgIpc) is 2.92. The summed E-state index contributed by atoms with van der Waals surface area (Å²) in [7, 11) is 6.91. The van der Waals surface area contributed by atoms with E-state index in [2.05, 4.69) is 5.32 Å². The zero-order valence-corrected chi connectivity index (χ0v) is 20.2. The third-order valence-corrected chi connectivity index (χ3v) is 5.68. The largest absolute Gasteiger partial charge is 0.497 e. The quantitative estimate of drug-likeness (QED) is 0.623. The summed E-state index contributed by atoms with van der Waals surface area (Å²) >= 11 is 0. The predicted octanol–water partition coefficient (Wildman–Crippen LogP) is 2.58. The lowest BCUT2D eigenvalue weighted by Gasteiger charge is -2.29. The number of anilines is 1. The van der Waals surface area contributed by atoms with Crippen LogP contribution in [0.3, 0.4) is 0 Å². The molecule has 9 nitrogen and oxygen atoms in total. The number of nitrogens with one attached hydrogen (secondary N) is 1. The molecule has 2 amide bonds. The molecule has 3 rings (SSSR count). The summed E-state index contributed by atoms with van der Waals surface area (Å²) in [5, 5.41) is 2.43. The number of hydrogen-bond acceptors (Lipinski definition) is 7. The first-order chi connectivity index (χ1) is 16.2. The van der Waals surface area contributed by atoms with E-state index in [1.807, 2.05) is 43.3 Å². The van der Waals surface area contributed by atoms with E-state index in [0.717, 1.165) is 11.1 Å². The average molecular weight is 470 g/mol. The van der Waals surface area contributed by atoms with Crippen LogP contribution in [0.25, 0.3) is 0 Å². The van der Waals surface area contributed by atoms with Crippen LogP contribution < -0.4 is 19.7 Å². The van der Waals surface area contributed by atoms with Crippen molar-refractivity contribution in [2.75, 3.05) is 46.2 Å². The highest BCUT2D eigenvalue weighted by molar-refractivity contribution is 6.00. The van der Waals surface area contributed by atoms with E-state index in [-0.39, 0.29) is 5.91 Å². The maximum absolute atomic E-state index is 13.8. The Balaban J connectivity index is 2.11. The third-order valence-electron chi connectivity index (χ3n) is 5.68. The van der Waals surface area contributed by atoms with Crippen LogP contribution in [0, 0.1) is 0 Å². The van der Waals surface area contributed by atoms with Crippen molar-refractivity contribution in [3.05, 3.63) is 53.6 Å². The first-order valence-electron chi connectivity index (χ1n) is 11.0. The highest BCUT2D eigenvalue weighted by atomic mass is 16.6. The summed E-state index contributed by atoms with van der Waals surface area (Å²) < 4.78 is 16.2. The first kappa shape index (κ1) is 25.0. The van der Waals surface area contributed by atoms with Crippen LogP contribution in [0.4, 0.5) is 10.5 Å². The number of amides is 2. The lowest BCUT2D eigenvalue weighted by Crippen LogP contribution is -2.45. The van der Waals surface area contributed by atoms with E-state index in [0.29, 0.717) is 36.7 Å². The molecule has 0 radical (unpaired) electrons. The molecule has 0 aliphatic carbocycles. The fourth-order valence-corrected chi connectivity index (χ4v) is 3.98. The van der Waals surface area contributed by atoms with Crippen molar-refractivity contribution in [2.24, 2.45) is 0 Å². The van der Waals surface area contributed by atoms with Gasteiger partial charge in [0, 0.05) is 38.7 Å². The van der Waals surface area contributed by atoms with Crippen LogP contribution in [-0.2, 0) is 20.7 Å². The minimum Gasteiger partial charge on any atom is -0.497 e. The van der Waals surface area contributed by atoms with Gasteiger partial charge in [-0.15, -0.1) is 0 Å². The Labute approximate surface area is 199 Å². The fourth-order valence-electron chi connectivity index (χ4n) is 3.98. The number of hydrogen-bond donors (Lipinski definition) is 1. The first-order valence-corrected chi connectivity index (χ1v) is 11.0. The van der Waals surface area contributed by atoms with Gasteiger partial charge in [-0.1, -0.05) is 12.1 Å². The Bertz CT molecular complexity index is 1040. The molecule has 1 aliphatic heterocycles. The molecule has 0 unspecified atom stereocenters. The normalized spacial score (nSPS) is 17.6. The van der Waals surface area contributed by atoms with Gasteiger partial charge in [0.15, 0.2) is 6.10 Å². The lowest BCUT2D eigenvalue weighted by molar-refractivity contribution is -0.154. The number of ether oxygens (including phenoxy) is 3. The van der Waals surface area contributed by atoms with Gasteiger partial charge in [0.2, 0.25) is 0 Å². The predicted molar refractivity (Wildman–Crippen MR) is 127 cm³/mol. The van der Waals surface area contributed by atoms with E-state index in [1.165, 1.54) is 14.0 Å². The molecule has 2 atom stereocenters. The fraction of sp³-hybridized carbons (Fsp3) is 0.400. The molecule has 9 heteroatoms. The Morgan fingerprint density at radius 3 is 2.38 bits per heavy atom. The SMILES string of the molecule is CNC(=O)Oc1ccc2c(c1)C[C@H](c1ccc(OC)cc1)[C@H](OC(C)=O)C(=O)N2CCN(C)C. The molecule has 2 aromatic carbocycles. The maximum atomic E-state index is 13.8. The second kappa shape index (κ2) is 11.0. The van der Waals surface area contributed by atoms with Crippen LogP contribution >= 0.6 is 0 Å². The third kappa shape index (κ3) is 5.85. The van der Waals surface area contributed by atoms with Gasteiger partial charge in [-0.05, 0) is 62.0 Å². The maximum Gasteiger partial charge on any atom is 0.412 e. The molecule has 0 spiro atoms. The summed E-state index contributed by atoms with van der Waals surface area (Å²) in [5.74, 6) is -0.226. The minimum absolute atomic E-state index is 0.295. The van der Waals surface area contributed by atoms with E-state index in [9.17, 15) is 14.4 Å². The topological polar surface area (TPSA) is 97.4 Å². The molecular weight excluding hydrogens is 438 g/mol. The number of likely N-dealkylation sites (N-methyl/N-ethyl adjacent to an activating group) is 1. The second-order valence-corrected chi connectivity index (χ2v) is 8.34. The molecule has 2 aromatic rings. The van der Waals surface area contributed by atoms with Gasteiger partial charge in [-0.2, -0.15) is 0 Å². The highest BCUT2D eigenvalue weighted by Gasteiger charge is 2.40. The van der Waals surface area contributed by atoms with Crippen LogP contribution in [-0.4, -0.2) is 70.3 Å². The monoisotopic (exact) mass is 469 g/mol. The summed E-state index contributed by atoms with van der Waals surface area (Å²) in [5.41, 5.74) is 2.34. The van der Waals surface area contributed by atoms with E-state index in [4.69, 9.17) is 14.2 Å². The number of methoxy groups -OCH3 is 1. The molecule has 182 valence electrons. The van der Waals surface area contributed by atoms with E-state index in [1.54, 1.807) is 30.2 Å². The zero-order valence-electron chi connectivity index (χ0n) is 20.2. The van der Waals surface area contributed by atoms with Crippen LogP contribution in [0.15, 0.2) is 42.5 Å². The molecule has 0 saturated carbocycles. The van der Waals surface area contributed by atoms with Gasteiger partial charge in [0.1, 0.15) is 11.5 Å². The van der Waals surface area contributed by atoms with Crippen molar-refractivity contribution < 1.29 is 28.6 Å². The number of carbonyl (C=O) groups excluding carboxylic acids is 3. The summed E-state index contributed by atoms with van der Waals surface area (Å²) in [6, 6.07) is 12.5. The molecule has 1 N–H and O–H groups in total. The lowest BCUT2D eigenvalue weighted by atomic mass is 9.87. The summed E-state index contributed by atoms with van der Waals surface area (Å²) in [6.45, 7) is 2.32. The van der Waals surface area contributed by atoms with Crippen molar-refractivity contribution in [1.29, 1.82) is 0 Å². The number of nitrogens with zero attached hydrogens (tertiary/aromatic N) is 2. The molecule has 1 heterocycles. The standard InChI is InChI=1S/C25H31N3O6/c1-16(29)33-23-21(17-6-8-19(32-5)9-7-17)15-18-14-20(34-25(31)26-2)10-11-22(18)28(24(23)30)13-12-27(3)4/h6-11,14,21,23H,12-13,15H2,1-5H3,(H,26,31)/t21-,23+/m1/s1. The number of rotatable bonds is 7. The Hall–Kier alpha value is -3.59. The Morgan fingerprint density at radius 1 is 1.12 bits per heavy atom. The van der Waals surface area contributed by atoms with Crippen molar-refractivity contribution in [2.45, 2.75) is 25.4 Å². The van der Waals surface area contributed by atoms with Gasteiger partial charge in [-0.25, -0.2) is 4.79 Å². The van der Waals surface area contributed by atoms with Gasteiger partial charge < -0.3 is 29.3 Å². The van der Waals surface area contributed by atoms with Crippen molar-refractivity contribution in [3.63, 3.8) is 0 Å². The number of esters is 1. The van der Waals surface area contributed by atoms with E-state index < -0.39 is 24.1 Å².